The van der Waals surface area contributed by atoms with Crippen LogP contribution in [0.4, 0.5) is 14.5 Å². The number of rotatable bonds is 4. The van der Waals surface area contributed by atoms with Crippen LogP contribution < -0.4 is 10.1 Å². The second-order valence-corrected chi connectivity index (χ2v) is 9.32. The molecule has 150 valence electrons. The zero-order valence-electron chi connectivity index (χ0n) is 15.1. The monoisotopic (exact) mass is 435 g/mol. The number of benzene rings is 2. The Morgan fingerprint density at radius 1 is 1.14 bits per heavy atom. The van der Waals surface area contributed by atoms with Crippen LogP contribution in [0.5, 0.6) is 5.75 Å². The lowest BCUT2D eigenvalue weighted by Crippen LogP contribution is -2.24. The number of halogens is 2. The number of hydrogen-bond donors (Lipinski definition) is 1. The van der Waals surface area contributed by atoms with Gasteiger partial charge in [0.15, 0.2) is 0 Å². The average molecular weight is 435 g/mol. The van der Waals surface area contributed by atoms with Gasteiger partial charge in [0.25, 0.3) is 0 Å². The molecule has 1 aliphatic rings. The van der Waals surface area contributed by atoms with Crippen molar-refractivity contribution in [1.29, 1.82) is 0 Å². The summed E-state index contributed by atoms with van der Waals surface area (Å²) in [6.07, 6.45) is -0.0575. The SMILES string of the molecule is COc1ccc(S(=O)(=O)c2csc3c2NC(=O)CC3c2ccc(F)cc2F)cc1. The first-order valence-corrected chi connectivity index (χ1v) is 10.9. The van der Waals surface area contributed by atoms with E-state index in [1.54, 1.807) is 0 Å². The van der Waals surface area contributed by atoms with Crippen molar-refractivity contribution in [3.63, 3.8) is 0 Å². The van der Waals surface area contributed by atoms with Crippen molar-refractivity contribution in [3.8, 4) is 5.75 Å². The first-order chi connectivity index (χ1) is 13.8. The zero-order valence-corrected chi connectivity index (χ0v) is 16.7. The third-order valence-corrected chi connectivity index (χ3v) is 7.79. The number of ether oxygens (including phenoxy) is 1. The summed E-state index contributed by atoms with van der Waals surface area (Å²) in [5, 5.41) is 4.04. The molecule has 1 atom stereocenters. The minimum Gasteiger partial charge on any atom is -0.497 e. The van der Waals surface area contributed by atoms with Crippen molar-refractivity contribution in [2.75, 3.05) is 12.4 Å². The second kappa shape index (κ2) is 7.23. The predicted molar refractivity (Wildman–Crippen MR) is 104 cm³/mol. The number of sulfone groups is 1. The van der Waals surface area contributed by atoms with Gasteiger partial charge >= 0.3 is 0 Å². The van der Waals surface area contributed by atoms with Crippen LogP contribution in [0.2, 0.25) is 0 Å². The van der Waals surface area contributed by atoms with Gasteiger partial charge in [-0.3, -0.25) is 4.79 Å². The number of fused-ring (bicyclic) bond motifs is 1. The average Bonchev–Trinajstić information content (AvgIpc) is 3.12. The molecule has 3 aromatic rings. The van der Waals surface area contributed by atoms with Gasteiger partial charge in [0, 0.05) is 28.7 Å². The number of methoxy groups -OCH3 is 1. The lowest BCUT2D eigenvalue weighted by Gasteiger charge is -2.24. The van der Waals surface area contributed by atoms with Gasteiger partial charge in [-0.05, 0) is 35.9 Å². The fourth-order valence-electron chi connectivity index (χ4n) is 3.32. The first-order valence-electron chi connectivity index (χ1n) is 8.56. The molecule has 0 spiro atoms. The fraction of sp³-hybridized carbons (Fsp3) is 0.150. The normalized spacial score (nSPS) is 16.2. The summed E-state index contributed by atoms with van der Waals surface area (Å²) in [6, 6.07) is 9.05. The van der Waals surface area contributed by atoms with E-state index in [1.807, 2.05) is 0 Å². The molecule has 5 nitrogen and oxygen atoms in total. The van der Waals surface area contributed by atoms with E-state index in [4.69, 9.17) is 4.74 Å². The highest BCUT2D eigenvalue weighted by Gasteiger charge is 2.35. The number of anilines is 1. The highest BCUT2D eigenvalue weighted by molar-refractivity contribution is 7.91. The van der Waals surface area contributed by atoms with Gasteiger partial charge in [0.05, 0.1) is 17.7 Å². The maximum absolute atomic E-state index is 14.3. The molecule has 0 fully saturated rings. The lowest BCUT2D eigenvalue weighted by atomic mass is 9.90. The van der Waals surface area contributed by atoms with Crippen molar-refractivity contribution in [3.05, 3.63) is 69.9 Å². The largest absolute Gasteiger partial charge is 0.497 e. The van der Waals surface area contributed by atoms with Crippen molar-refractivity contribution < 1.29 is 26.7 Å². The number of carbonyl (C=O) groups excluding carboxylic acids is 1. The zero-order chi connectivity index (χ0) is 20.8. The molecule has 0 radical (unpaired) electrons. The summed E-state index contributed by atoms with van der Waals surface area (Å²) in [5.74, 6) is -2.11. The summed E-state index contributed by atoms with van der Waals surface area (Å²) in [7, 11) is -2.45. The van der Waals surface area contributed by atoms with E-state index in [0.717, 1.165) is 23.5 Å². The molecule has 1 aliphatic heterocycles. The van der Waals surface area contributed by atoms with Crippen LogP contribution in [-0.4, -0.2) is 21.4 Å². The molecule has 9 heteroatoms. The van der Waals surface area contributed by atoms with E-state index >= 15 is 0 Å². The number of thiophene rings is 1. The third kappa shape index (κ3) is 3.40. The molecular weight excluding hydrogens is 420 g/mol. The Hall–Kier alpha value is -2.78. The van der Waals surface area contributed by atoms with Crippen molar-refractivity contribution in [1.82, 2.24) is 0 Å². The Morgan fingerprint density at radius 3 is 2.52 bits per heavy atom. The van der Waals surface area contributed by atoms with Crippen LogP contribution in [0.3, 0.4) is 0 Å². The highest BCUT2D eigenvalue weighted by atomic mass is 32.2. The van der Waals surface area contributed by atoms with Gasteiger partial charge in [0.2, 0.25) is 15.7 Å². The molecular formula is C20H15F2NO4S2. The minimum atomic E-state index is -3.92. The molecule has 1 N–H and O–H groups in total. The molecule has 29 heavy (non-hydrogen) atoms. The van der Waals surface area contributed by atoms with Gasteiger partial charge < -0.3 is 10.1 Å². The van der Waals surface area contributed by atoms with Gasteiger partial charge in [-0.1, -0.05) is 6.07 Å². The molecule has 1 unspecified atom stereocenters. The third-order valence-electron chi connectivity index (χ3n) is 4.75. The summed E-state index contributed by atoms with van der Waals surface area (Å²) in [5.41, 5.74) is 0.300. The molecule has 2 heterocycles. The Bertz CT molecular complexity index is 1200. The molecule has 1 aromatic heterocycles. The predicted octanol–water partition coefficient (Wildman–Crippen LogP) is 4.34. The quantitative estimate of drug-likeness (QED) is 0.662. The van der Waals surface area contributed by atoms with E-state index < -0.39 is 33.3 Å². The van der Waals surface area contributed by atoms with Crippen LogP contribution in [0.1, 0.15) is 22.8 Å². The van der Waals surface area contributed by atoms with E-state index in [9.17, 15) is 22.0 Å². The van der Waals surface area contributed by atoms with Gasteiger partial charge in [-0.15, -0.1) is 11.3 Å². The summed E-state index contributed by atoms with van der Waals surface area (Å²) >= 11 is 1.12. The number of carbonyl (C=O) groups is 1. The first kappa shape index (κ1) is 19.5. The van der Waals surface area contributed by atoms with E-state index in [1.165, 1.54) is 42.8 Å². The lowest BCUT2D eigenvalue weighted by molar-refractivity contribution is -0.116. The maximum atomic E-state index is 14.3. The highest BCUT2D eigenvalue weighted by Crippen LogP contribution is 2.46. The van der Waals surface area contributed by atoms with Crippen LogP contribution in [0.25, 0.3) is 0 Å². The summed E-state index contributed by atoms with van der Waals surface area (Å²) < 4.78 is 58.9. The van der Waals surface area contributed by atoms with Crippen LogP contribution in [0.15, 0.2) is 57.6 Å². The molecule has 0 bridgehead atoms. The number of hydrogen-bond acceptors (Lipinski definition) is 5. The Kier molecular flexibility index (Phi) is 4.87. The molecule has 1 amide bonds. The topological polar surface area (TPSA) is 72.5 Å². The summed E-state index contributed by atoms with van der Waals surface area (Å²) in [6.45, 7) is 0. The molecule has 4 rings (SSSR count). The Labute approximate surface area is 169 Å². The molecule has 0 saturated carbocycles. The number of nitrogens with one attached hydrogen (secondary N) is 1. The Balaban J connectivity index is 1.81. The summed E-state index contributed by atoms with van der Waals surface area (Å²) in [4.78, 5) is 12.8. The number of amides is 1. The van der Waals surface area contributed by atoms with Crippen molar-refractivity contribution in [2.45, 2.75) is 22.1 Å². The smallest absolute Gasteiger partial charge is 0.225 e. The molecule has 0 aliphatic carbocycles. The maximum Gasteiger partial charge on any atom is 0.225 e. The van der Waals surface area contributed by atoms with Gasteiger partial charge in [-0.25, -0.2) is 17.2 Å². The van der Waals surface area contributed by atoms with Crippen LogP contribution in [0, 0.1) is 11.6 Å². The van der Waals surface area contributed by atoms with Crippen molar-refractivity contribution >= 4 is 32.8 Å². The molecule has 2 aromatic carbocycles. The molecule has 0 saturated heterocycles. The van der Waals surface area contributed by atoms with Gasteiger partial charge in [0.1, 0.15) is 22.3 Å². The second-order valence-electron chi connectivity index (χ2n) is 6.49. The van der Waals surface area contributed by atoms with E-state index in [-0.39, 0.29) is 27.5 Å². The minimum absolute atomic E-state index is 0.0447. The van der Waals surface area contributed by atoms with Gasteiger partial charge in [-0.2, -0.15) is 0 Å². The van der Waals surface area contributed by atoms with E-state index in [2.05, 4.69) is 5.32 Å². The van der Waals surface area contributed by atoms with Crippen LogP contribution in [-0.2, 0) is 14.6 Å². The van der Waals surface area contributed by atoms with E-state index in [0.29, 0.717) is 10.6 Å². The standard InChI is InChI=1S/C20H15F2NO4S2/c1-27-12-3-5-13(6-4-12)29(25,26)17-10-28-20-15(9-18(24)23-19(17)20)14-7-2-11(21)8-16(14)22/h2-8,10,15H,9H2,1H3,(H,23,24). The fourth-order valence-corrected chi connectivity index (χ4v) is 6.22. The Morgan fingerprint density at radius 2 is 1.86 bits per heavy atom. The van der Waals surface area contributed by atoms with Crippen LogP contribution >= 0.6 is 11.3 Å². The van der Waals surface area contributed by atoms with Crippen molar-refractivity contribution in [2.24, 2.45) is 0 Å².